The Kier molecular flexibility index (Phi) is 2.45. The summed E-state index contributed by atoms with van der Waals surface area (Å²) in [5, 5.41) is 17.8. The predicted octanol–water partition coefficient (Wildman–Crippen LogP) is 1.34. The van der Waals surface area contributed by atoms with Gasteiger partial charge in [-0.15, -0.1) is 10.2 Å². The first kappa shape index (κ1) is 10.4. The van der Waals surface area contributed by atoms with Crippen LogP contribution in [-0.2, 0) is 0 Å². The molecule has 2 aromatic heterocycles. The van der Waals surface area contributed by atoms with E-state index in [2.05, 4.69) is 10.2 Å². The molecule has 3 aromatic rings. The summed E-state index contributed by atoms with van der Waals surface area (Å²) in [6, 6.07) is 10.5. The number of phenols is 1. The second-order valence-electron chi connectivity index (χ2n) is 3.61. The van der Waals surface area contributed by atoms with E-state index in [0.717, 1.165) is 0 Å². The minimum Gasteiger partial charge on any atom is -0.507 e. The molecule has 6 nitrogen and oxygen atoms in total. The minimum atomic E-state index is 0.182. The molecule has 1 N–H and O–H groups in total. The van der Waals surface area contributed by atoms with Crippen LogP contribution in [0.1, 0.15) is 0 Å². The Morgan fingerprint density at radius 3 is 2.67 bits per heavy atom. The second-order valence-corrected chi connectivity index (χ2v) is 3.61. The van der Waals surface area contributed by atoms with E-state index in [1.165, 1.54) is 9.69 Å². The average molecular weight is 242 g/mol. The van der Waals surface area contributed by atoms with E-state index in [0.29, 0.717) is 11.3 Å². The number of aromatic nitrogens is 4. The number of aromatic hydroxyl groups is 1. The SMILES string of the molecule is Oc1ccccc1-c1ccn(On2cccn2)n1. The molecular formula is C12H10N4O2. The van der Waals surface area contributed by atoms with Gasteiger partial charge in [-0.1, -0.05) is 21.8 Å². The third-order valence-corrected chi connectivity index (χ3v) is 2.39. The molecule has 0 fully saturated rings. The number of rotatable bonds is 3. The highest BCUT2D eigenvalue weighted by atomic mass is 16.8. The van der Waals surface area contributed by atoms with Crippen LogP contribution >= 0.6 is 0 Å². The van der Waals surface area contributed by atoms with E-state index >= 15 is 0 Å². The van der Waals surface area contributed by atoms with Crippen molar-refractivity contribution in [1.29, 1.82) is 0 Å². The van der Waals surface area contributed by atoms with Gasteiger partial charge in [0.05, 0.1) is 24.3 Å². The van der Waals surface area contributed by atoms with Crippen LogP contribution in [0, 0.1) is 0 Å². The van der Waals surface area contributed by atoms with Crippen LogP contribution in [0.3, 0.4) is 0 Å². The Hall–Kier alpha value is -2.76. The summed E-state index contributed by atoms with van der Waals surface area (Å²) in [7, 11) is 0. The van der Waals surface area contributed by atoms with E-state index in [4.69, 9.17) is 4.94 Å². The largest absolute Gasteiger partial charge is 0.507 e. The summed E-state index contributed by atoms with van der Waals surface area (Å²) in [5.74, 6) is 0.182. The summed E-state index contributed by atoms with van der Waals surface area (Å²) < 4.78 is 0. The smallest absolute Gasteiger partial charge is 0.125 e. The number of hydrogen-bond acceptors (Lipinski definition) is 4. The molecule has 1 aromatic carbocycles. The van der Waals surface area contributed by atoms with Crippen LogP contribution in [0.2, 0.25) is 0 Å². The summed E-state index contributed by atoms with van der Waals surface area (Å²) in [4.78, 5) is 7.84. The lowest BCUT2D eigenvalue weighted by atomic mass is 10.1. The average Bonchev–Trinajstić information content (AvgIpc) is 3.02. The standard InChI is InChI=1S/C12H10N4O2/c17-12-5-2-1-4-10(12)11-6-9-16(14-11)18-15-8-3-7-13-15/h1-9,17H. The molecule has 2 heterocycles. The van der Waals surface area contributed by atoms with Gasteiger partial charge in [-0.05, 0) is 24.3 Å². The third-order valence-electron chi connectivity index (χ3n) is 2.39. The Morgan fingerprint density at radius 2 is 1.89 bits per heavy atom. The zero-order chi connectivity index (χ0) is 12.4. The normalized spacial score (nSPS) is 10.4. The Balaban J connectivity index is 1.88. The van der Waals surface area contributed by atoms with Crippen LogP contribution in [-0.4, -0.2) is 25.0 Å². The zero-order valence-electron chi connectivity index (χ0n) is 9.34. The summed E-state index contributed by atoms with van der Waals surface area (Å²) in [6.07, 6.45) is 4.90. The molecule has 0 atom stereocenters. The molecule has 6 heteroatoms. The minimum absolute atomic E-state index is 0.182. The maximum absolute atomic E-state index is 9.72. The first-order valence-electron chi connectivity index (χ1n) is 5.35. The molecule has 0 saturated carbocycles. The fourth-order valence-corrected chi connectivity index (χ4v) is 1.58. The fourth-order valence-electron chi connectivity index (χ4n) is 1.58. The van der Waals surface area contributed by atoms with Gasteiger partial charge in [0.25, 0.3) is 0 Å². The highest BCUT2D eigenvalue weighted by molar-refractivity contribution is 5.65. The lowest BCUT2D eigenvalue weighted by Gasteiger charge is -2.02. The quantitative estimate of drug-likeness (QED) is 0.752. The molecule has 0 radical (unpaired) electrons. The van der Waals surface area contributed by atoms with Gasteiger partial charge in [0, 0.05) is 5.56 Å². The van der Waals surface area contributed by atoms with Gasteiger partial charge in [-0.25, -0.2) is 4.94 Å². The van der Waals surface area contributed by atoms with Gasteiger partial charge in [-0.2, -0.15) is 0 Å². The van der Waals surface area contributed by atoms with Crippen molar-refractivity contribution in [2.24, 2.45) is 0 Å². The van der Waals surface area contributed by atoms with Crippen molar-refractivity contribution in [3.05, 3.63) is 55.0 Å². The molecule has 0 unspecified atom stereocenters. The van der Waals surface area contributed by atoms with Crippen LogP contribution in [0.4, 0.5) is 0 Å². The van der Waals surface area contributed by atoms with Gasteiger partial charge in [-0.3, -0.25) is 0 Å². The van der Waals surface area contributed by atoms with Crippen molar-refractivity contribution >= 4 is 0 Å². The van der Waals surface area contributed by atoms with Crippen LogP contribution in [0.5, 0.6) is 5.75 Å². The second kappa shape index (κ2) is 4.25. The molecular weight excluding hydrogens is 232 g/mol. The van der Waals surface area contributed by atoms with Crippen molar-refractivity contribution < 1.29 is 10.0 Å². The third kappa shape index (κ3) is 1.91. The Morgan fingerprint density at radius 1 is 1.00 bits per heavy atom. The summed E-state index contributed by atoms with van der Waals surface area (Å²) in [6.45, 7) is 0. The van der Waals surface area contributed by atoms with Gasteiger partial charge >= 0.3 is 0 Å². The Bertz CT molecular complexity index is 646. The molecule has 0 saturated heterocycles. The van der Waals surface area contributed by atoms with E-state index < -0.39 is 0 Å². The van der Waals surface area contributed by atoms with Gasteiger partial charge in [0.2, 0.25) is 0 Å². The number of phenolic OH excluding ortho intramolecular Hbond substituents is 1. The molecule has 90 valence electrons. The molecule has 18 heavy (non-hydrogen) atoms. The van der Waals surface area contributed by atoms with Crippen molar-refractivity contribution in [1.82, 2.24) is 19.9 Å². The first-order valence-corrected chi connectivity index (χ1v) is 5.35. The topological polar surface area (TPSA) is 65.1 Å². The maximum Gasteiger partial charge on any atom is 0.125 e. The molecule has 3 rings (SSSR count). The molecule has 0 amide bonds. The van der Waals surface area contributed by atoms with Crippen molar-refractivity contribution in [3.63, 3.8) is 0 Å². The van der Waals surface area contributed by atoms with Crippen LogP contribution in [0.15, 0.2) is 55.0 Å². The monoisotopic (exact) mass is 242 g/mol. The zero-order valence-corrected chi connectivity index (χ0v) is 9.34. The van der Waals surface area contributed by atoms with Crippen LogP contribution in [0.25, 0.3) is 11.3 Å². The maximum atomic E-state index is 9.72. The predicted molar refractivity (Wildman–Crippen MR) is 63.5 cm³/mol. The molecule has 0 bridgehead atoms. The van der Waals surface area contributed by atoms with Crippen LogP contribution < -0.4 is 4.94 Å². The van der Waals surface area contributed by atoms with E-state index in [9.17, 15) is 5.11 Å². The van der Waals surface area contributed by atoms with Gasteiger partial charge in [0.15, 0.2) is 0 Å². The summed E-state index contributed by atoms with van der Waals surface area (Å²) in [5.41, 5.74) is 1.28. The van der Waals surface area contributed by atoms with Crippen molar-refractivity contribution in [2.75, 3.05) is 0 Å². The lowest BCUT2D eigenvalue weighted by molar-refractivity contribution is -0.00877. The van der Waals surface area contributed by atoms with E-state index in [-0.39, 0.29) is 5.75 Å². The number of benzene rings is 1. The number of para-hydroxylation sites is 1. The lowest BCUT2D eigenvalue weighted by Crippen LogP contribution is -2.18. The number of hydrogen-bond donors (Lipinski definition) is 1. The van der Waals surface area contributed by atoms with Gasteiger partial charge in [0.1, 0.15) is 5.75 Å². The number of nitrogens with zero attached hydrogens (tertiary/aromatic N) is 4. The highest BCUT2D eigenvalue weighted by Gasteiger charge is 2.07. The Labute approximate surface area is 103 Å². The first-order chi connectivity index (χ1) is 8.83. The van der Waals surface area contributed by atoms with E-state index in [1.54, 1.807) is 48.9 Å². The molecule has 0 aliphatic heterocycles. The van der Waals surface area contributed by atoms with Crippen molar-refractivity contribution in [2.45, 2.75) is 0 Å². The molecule has 0 aliphatic carbocycles. The molecule has 0 aliphatic rings. The van der Waals surface area contributed by atoms with Crippen molar-refractivity contribution in [3.8, 4) is 17.0 Å². The van der Waals surface area contributed by atoms with Gasteiger partial charge < -0.3 is 5.11 Å². The highest BCUT2D eigenvalue weighted by Crippen LogP contribution is 2.26. The summed E-state index contributed by atoms with van der Waals surface area (Å²) >= 11 is 0. The van der Waals surface area contributed by atoms with E-state index in [1.807, 2.05) is 6.07 Å². The fraction of sp³-hybridized carbons (Fsp3) is 0. The molecule has 0 spiro atoms.